The Hall–Kier alpha value is -2.82. The van der Waals surface area contributed by atoms with Gasteiger partial charge in [-0.1, -0.05) is 43.7 Å². The molecule has 0 heterocycles. The van der Waals surface area contributed by atoms with Crippen LogP contribution in [0.25, 0.3) is 0 Å². The highest BCUT2D eigenvalue weighted by atomic mass is 16.5. The number of unbranched alkanes of at least 4 members (excludes halogenated alkanes) is 1. The lowest BCUT2D eigenvalue weighted by molar-refractivity contribution is -0.142. The van der Waals surface area contributed by atoms with Crippen molar-refractivity contribution in [3.05, 3.63) is 64.7 Å². The molecular formula is C25H34N2O3. The fraction of sp³-hybridized carbons (Fsp3) is 0.440. The van der Waals surface area contributed by atoms with Crippen LogP contribution in [-0.2, 0) is 16.1 Å². The topological polar surface area (TPSA) is 58.6 Å². The van der Waals surface area contributed by atoms with Gasteiger partial charge in [-0.05, 0) is 68.5 Å². The van der Waals surface area contributed by atoms with Gasteiger partial charge in [0.25, 0.3) is 5.91 Å². The molecule has 0 fully saturated rings. The van der Waals surface area contributed by atoms with E-state index in [0.29, 0.717) is 18.8 Å². The Morgan fingerprint density at radius 2 is 1.77 bits per heavy atom. The molecule has 0 bridgehead atoms. The molecule has 2 amide bonds. The number of carbonyl (C=O) groups is 2. The number of nitrogens with one attached hydrogen (secondary N) is 1. The molecule has 2 aromatic rings. The molecule has 0 aliphatic heterocycles. The number of carbonyl (C=O) groups excluding carboxylic acids is 2. The van der Waals surface area contributed by atoms with Gasteiger partial charge in [-0.25, -0.2) is 0 Å². The summed E-state index contributed by atoms with van der Waals surface area (Å²) in [6.45, 7) is 10.8. The number of amides is 2. The van der Waals surface area contributed by atoms with Gasteiger partial charge in [0.15, 0.2) is 6.61 Å². The summed E-state index contributed by atoms with van der Waals surface area (Å²) in [5.74, 6) is 0.300. The van der Waals surface area contributed by atoms with Gasteiger partial charge in [0.2, 0.25) is 5.91 Å². The number of ether oxygens (including phenoxy) is 1. The van der Waals surface area contributed by atoms with E-state index >= 15 is 0 Å². The van der Waals surface area contributed by atoms with Crippen molar-refractivity contribution in [1.29, 1.82) is 0 Å². The molecule has 5 heteroatoms. The Morgan fingerprint density at radius 1 is 1.03 bits per heavy atom. The van der Waals surface area contributed by atoms with Crippen LogP contribution in [0, 0.1) is 20.8 Å². The zero-order valence-corrected chi connectivity index (χ0v) is 18.8. The van der Waals surface area contributed by atoms with Crippen LogP contribution in [0.5, 0.6) is 5.75 Å². The van der Waals surface area contributed by atoms with Gasteiger partial charge >= 0.3 is 0 Å². The second-order valence-electron chi connectivity index (χ2n) is 7.80. The molecule has 0 aliphatic carbocycles. The molecule has 0 radical (unpaired) electrons. The van der Waals surface area contributed by atoms with Crippen LogP contribution < -0.4 is 10.1 Å². The Morgan fingerprint density at radius 3 is 2.43 bits per heavy atom. The summed E-state index contributed by atoms with van der Waals surface area (Å²) in [6, 6.07) is 13.1. The first kappa shape index (κ1) is 23.5. The molecule has 2 rings (SSSR count). The zero-order valence-electron chi connectivity index (χ0n) is 18.8. The smallest absolute Gasteiger partial charge is 0.261 e. The van der Waals surface area contributed by atoms with E-state index in [1.807, 2.05) is 63.2 Å². The van der Waals surface area contributed by atoms with Crippen LogP contribution in [0.15, 0.2) is 42.5 Å². The van der Waals surface area contributed by atoms with Crippen LogP contribution in [-0.4, -0.2) is 35.9 Å². The summed E-state index contributed by atoms with van der Waals surface area (Å²) in [7, 11) is 0. The zero-order chi connectivity index (χ0) is 22.1. The van der Waals surface area contributed by atoms with Crippen molar-refractivity contribution < 1.29 is 14.3 Å². The summed E-state index contributed by atoms with van der Waals surface area (Å²) in [6.07, 6.45) is 1.92. The predicted octanol–water partition coefficient (Wildman–Crippen LogP) is 4.32. The van der Waals surface area contributed by atoms with E-state index in [0.717, 1.165) is 29.5 Å². The number of aryl methyl sites for hydroxylation is 3. The summed E-state index contributed by atoms with van der Waals surface area (Å²) in [5, 5.41) is 2.93. The summed E-state index contributed by atoms with van der Waals surface area (Å²) >= 11 is 0. The first-order valence-electron chi connectivity index (χ1n) is 10.6. The second-order valence-corrected chi connectivity index (χ2v) is 7.80. The number of nitrogens with zero attached hydrogens (tertiary/aromatic N) is 1. The molecule has 1 unspecified atom stereocenters. The third-order valence-corrected chi connectivity index (χ3v) is 5.44. The molecule has 1 N–H and O–H groups in total. The predicted molar refractivity (Wildman–Crippen MR) is 121 cm³/mol. The normalized spacial score (nSPS) is 11.6. The van der Waals surface area contributed by atoms with Crippen molar-refractivity contribution in [2.24, 2.45) is 0 Å². The quantitative estimate of drug-likeness (QED) is 0.593. The minimum atomic E-state index is -0.586. The molecule has 5 nitrogen and oxygen atoms in total. The van der Waals surface area contributed by atoms with Crippen LogP contribution in [0.3, 0.4) is 0 Å². The molecule has 0 saturated heterocycles. The Balaban J connectivity index is 2.14. The number of benzene rings is 2. The summed E-state index contributed by atoms with van der Waals surface area (Å²) in [4.78, 5) is 27.3. The number of rotatable bonds is 10. The van der Waals surface area contributed by atoms with Crippen LogP contribution in [0.1, 0.15) is 48.9 Å². The lowest BCUT2D eigenvalue weighted by atomic mass is 10.1. The fourth-order valence-corrected chi connectivity index (χ4v) is 3.12. The van der Waals surface area contributed by atoms with Gasteiger partial charge in [0, 0.05) is 13.1 Å². The van der Waals surface area contributed by atoms with E-state index in [2.05, 4.69) is 12.2 Å². The van der Waals surface area contributed by atoms with Gasteiger partial charge in [0.1, 0.15) is 11.8 Å². The summed E-state index contributed by atoms with van der Waals surface area (Å²) < 4.78 is 5.76. The standard InChI is InChI=1S/C25H34N2O3/c1-6-7-14-26-25(29)21(5)27(16-22-11-9-8-10-19(22)3)24(28)17-30-23-13-12-18(2)20(4)15-23/h8-13,15,21H,6-7,14,16-17H2,1-5H3,(H,26,29). The molecule has 0 aromatic heterocycles. The van der Waals surface area contributed by atoms with E-state index in [1.165, 1.54) is 5.56 Å². The van der Waals surface area contributed by atoms with E-state index < -0.39 is 6.04 Å². The maximum atomic E-state index is 13.1. The summed E-state index contributed by atoms with van der Waals surface area (Å²) in [5.41, 5.74) is 4.39. The molecule has 0 aliphatic rings. The van der Waals surface area contributed by atoms with Crippen molar-refractivity contribution in [2.75, 3.05) is 13.2 Å². The minimum absolute atomic E-state index is 0.110. The van der Waals surface area contributed by atoms with Gasteiger partial charge in [0.05, 0.1) is 0 Å². The molecular weight excluding hydrogens is 376 g/mol. The van der Waals surface area contributed by atoms with E-state index in [4.69, 9.17) is 4.74 Å². The molecule has 2 aromatic carbocycles. The second kappa shape index (κ2) is 11.4. The average molecular weight is 411 g/mol. The molecule has 0 saturated carbocycles. The average Bonchev–Trinajstić information content (AvgIpc) is 2.73. The Labute approximate surface area is 180 Å². The maximum Gasteiger partial charge on any atom is 0.261 e. The highest BCUT2D eigenvalue weighted by Gasteiger charge is 2.26. The van der Waals surface area contributed by atoms with Crippen LogP contribution in [0.2, 0.25) is 0 Å². The molecule has 0 spiro atoms. The van der Waals surface area contributed by atoms with Gasteiger partial charge in [-0.3, -0.25) is 9.59 Å². The third-order valence-electron chi connectivity index (χ3n) is 5.44. The number of hydrogen-bond acceptors (Lipinski definition) is 3. The first-order chi connectivity index (χ1) is 14.3. The van der Waals surface area contributed by atoms with E-state index in [1.54, 1.807) is 11.8 Å². The Kier molecular flexibility index (Phi) is 8.90. The monoisotopic (exact) mass is 410 g/mol. The van der Waals surface area contributed by atoms with Crippen LogP contribution in [0.4, 0.5) is 0 Å². The van der Waals surface area contributed by atoms with Gasteiger partial charge in [-0.15, -0.1) is 0 Å². The van der Waals surface area contributed by atoms with Crippen molar-refractivity contribution >= 4 is 11.8 Å². The van der Waals surface area contributed by atoms with Gasteiger partial charge < -0.3 is 15.0 Å². The minimum Gasteiger partial charge on any atom is -0.484 e. The first-order valence-corrected chi connectivity index (χ1v) is 10.6. The molecule has 30 heavy (non-hydrogen) atoms. The lowest BCUT2D eigenvalue weighted by Gasteiger charge is -2.29. The van der Waals surface area contributed by atoms with E-state index in [-0.39, 0.29) is 18.4 Å². The highest BCUT2D eigenvalue weighted by Crippen LogP contribution is 2.18. The molecule has 162 valence electrons. The van der Waals surface area contributed by atoms with Crippen LogP contribution >= 0.6 is 0 Å². The lowest BCUT2D eigenvalue weighted by Crippen LogP contribution is -2.49. The fourth-order valence-electron chi connectivity index (χ4n) is 3.12. The maximum absolute atomic E-state index is 13.1. The molecule has 1 atom stereocenters. The van der Waals surface area contributed by atoms with Crippen molar-refractivity contribution in [3.63, 3.8) is 0 Å². The largest absolute Gasteiger partial charge is 0.484 e. The van der Waals surface area contributed by atoms with Crippen molar-refractivity contribution in [1.82, 2.24) is 10.2 Å². The highest BCUT2D eigenvalue weighted by molar-refractivity contribution is 5.88. The Bertz CT molecular complexity index is 863. The van der Waals surface area contributed by atoms with E-state index in [9.17, 15) is 9.59 Å². The SMILES string of the molecule is CCCCNC(=O)C(C)N(Cc1ccccc1C)C(=O)COc1ccc(C)c(C)c1. The van der Waals surface area contributed by atoms with Crippen molar-refractivity contribution in [2.45, 2.75) is 60.0 Å². The van der Waals surface area contributed by atoms with Gasteiger partial charge in [-0.2, -0.15) is 0 Å². The van der Waals surface area contributed by atoms with Crippen molar-refractivity contribution in [3.8, 4) is 5.75 Å². The number of hydrogen-bond donors (Lipinski definition) is 1. The third kappa shape index (κ3) is 6.61.